The van der Waals surface area contributed by atoms with Gasteiger partial charge in [0.15, 0.2) is 0 Å². The second-order valence-electron chi connectivity index (χ2n) is 4.31. The molecule has 5 nitrogen and oxygen atoms in total. The lowest BCUT2D eigenvalue weighted by Crippen LogP contribution is -2.46. The lowest BCUT2D eigenvalue weighted by molar-refractivity contribution is -0.140. The maximum Gasteiger partial charge on any atom is 0.326 e. The largest absolute Gasteiger partial charge is 0.480 e. The zero-order valence-electron chi connectivity index (χ0n) is 10.8. The number of carbonyl (C=O) groups is 2. The van der Waals surface area contributed by atoms with E-state index >= 15 is 0 Å². The van der Waals surface area contributed by atoms with Crippen molar-refractivity contribution in [3.63, 3.8) is 0 Å². The van der Waals surface area contributed by atoms with E-state index in [1.807, 2.05) is 19.1 Å². The Morgan fingerprint density at radius 3 is 2.37 bits per heavy atom. The summed E-state index contributed by atoms with van der Waals surface area (Å²) >= 11 is 2.17. The molecule has 2 unspecified atom stereocenters. The molecule has 2 amide bonds. The third-order valence-electron chi connectivity index (χ3n) is 2.87. The predicted molar refractivity (Wildman–Crippen MR) is 82.2 cm³/mol. The zero-order valence-corrected chi connectivity index (χ0v) is 13.0. The highest BCUT2D eigenvalue weighted by Crippen LogP contribution is 2.12. The van der Waals surface area contributed by atoms with E-state index < -0.39 is 18.0 Å². The number of halogens is 1. The van der Waals surface area contributed by atoms with Gasteiger partial charge in [-0.25, -0.2) is 9.59 Å². The minimum absolute atomic E-state index is 0.125. The molecule has 1 aromatic carbocycles. The van der Waals surface area contributed by atoms with Gasteiger partial charge in [0.1, 0.15) is 6.04 Å². The zero-order chi connectivity index (χ0) is 14.4. The van der Waals surface area contributed by atoms with Crippen LogP contribution in [0, 0.1) is 9.49 Å². The van der Waals surface area contributed by atoms with Crippen molar-refractivity contribution in [2.45, 2.75) is 26.3 Å². The molecule has 0 spiro atoms. The number of aliphatic carboxylic acids is 1. The van der Waals surface area contributed by atoms with E-state index in [0.717, 1.165) is 3.57 Å². The third-order valence-corrected chi connectivity index (χ3v) is 3.59. The summed E-state index contributed by atoms with van der Waals surface area (Å²) in [5.41, 5.74) is 0.631. The first-order valence-electron chi connectivity index (χ1n) is 6.00. The van der Waals surface area contributed by atoms with Crippen LogP contribution in [0.5, 0.6) is 0 Å². The Kier molecular flexibility index (Phi) is 6.07. The average Bonchev–Trinajstić information content (AvgIpc) is 2.37. The van der Waals surface area contributed by atoms with Crippen LogP contribution < -0.4 is 10.6 Å². The van der Waals surface area contributed by atoms with E-state index in [4.69, 9.17) is 5.11 Å². The van der Waals surface area contributed by atoms with Crippen LogP contribution in [0.15, 0.2) is 24.3 Å². The summed E-state index contributed by atoms with van der Waals surface area (Å²) in [6, 6.07) is 5.86. The molecule has 1 aromatic rings. The molecule has 0 fully saturated rings. The van der Waals surface area contributed by atoms with Gasteiger partial charge in [-0.05, 0) is 52.8 Å². The van der Waals surface area contributed by atoms with Gasteiger partial charge in [-0.3, -0.25) is 0 Å². The number of hydrogen-bond donors (Lipinski definition) is 3. The van der Waals surface area contributed by atoms with Crippen LogP contribution in [0.4, 0.5) is 10.5 Å². The summed E-state index contributed by atoms with van der Waals surface area (Å²) in [6.45, 7) is 3.68. The van der Waals surface area contributed by atoms with E-state index in [0.29, 0.717) is 12.1 Å². The van der Waals surface area contributed by atoms with Gasteiger partial charge in [0, 0.05) is 9.26 Å². The molecule has 2 atom stereocenters. The van der Waals surface area contributed by atoms with Crippen molar-refractivity contribution < 1.29 is 14.7 Å². The van der Waals surface area contributed by atoms with Gasteiger partial charge in [-0.1, -0.05) is 20.3 Å². The molecule has 6 heteroatoms. The fourth-order valence-electron chi connectivity index (χ4n) is 1.52. The normalized spacial score (nSPS) is 13.4. The number of benzene rings is 1. The third kappa shape index (κ3) is 5.06. The number of carbonyl (C=O) groups excluding carboxylic acids is 1. The summed E-state index contributed by atoms with van der Waals surface area (Å²) in [6.07, 6.45) is 0.681. The highest BCUT2D eigenvalue weighted by molar-refractivity contribution is 14.1. The van der Waals surface area contributed by atoms with Gasteiger partial charge in [0.2, 0.25) is 0 Å². The van der Waals surface area contributed by atoms with Crippen LogP contribution in [0.1, 0.15) is 20.3 Å². The summed E-state index contributed by atoms with van der Waals surface area (Å²) in [5, 5.41) is 14.2. The molecule has 0 aromatic heterocycles. The number of carboxylic acid groups (broad SMARTS) is 1. The molecule has 0 aliphatic heterocycles. The van der Waals surface area contributed by atoms with Gasteiger partial charge in [0.25, 0.3) is 0 Å². The lowest BCUT2D eigenvalue weighted by atomic mass is 9.99. The second-order valence-corrected chi connectivity index (χ2v) is 5.55. The molecule has 19 heavy (non-hydrogen) atoms. The van der Waals surface area contributed by atoms with Crippen molar-refractivity contribution in [1.29, 1.82) is 0 Å². The Hall–Kier alpha value is -1.31. The standard InChI is InChI=1S/C13H17IN2O3/c1-3-8(2)11(12(17)18)16-13(19)15-10-6-4-9(14)5-7-10/h4-8,11H,3H2,1-2H3,(H,17,18)(H2,15,16,19). The maximum absolute atomic E-state index is 11.7. The van der Waals surface area contributed by atoms with E-state index in [9.17, 15) is 9.59 Å². The molecular formula is C13H17IN2O3. The summed E-state index contributed by atoms with van der Waals surface area (Å²) in [5.74, 6) is -1.15. The molecule has 0 aliphatic rings. The van der Waals surface area contributed by atoms with Crippen LogP contribution >= 0.6 is 22.6 Å². The van der Waals surface area contributed by atoms with Gasteiger partial charge < -0.3 is 15.7 Å². The van der Waals surface area contributed by atoms with Gasteiger partial charge in [-0.15, -0.1) is 0 Å². The molecule has 0 heterocycles. The van der Waals surface area contributed by atoms with Crippen molar-refractivity contribution >= 4 is 40.3 Å². The molecule has 0 saturated heterocycles. The van der Waals surface area contributed by atoms with Crippen LogP contribution in [-0.4, -0.2) is 23.1 Å². The summed E-state index contributed by atoms with van der Waals surface area (Å²) < 4.78 is 1.06. The van der Waals surface area contributed by atoms with E-state index in [-0.39, 0.29) is 5.92 Å². The van der Waals surface area contributed by atoms with Crippen LogP contribution in [0.25, 0.3) is 0 Å². The average molecular weight is 376 g/mol. The molecule has 0 bridgehead atoms. The molecule has 3 N–H and O–H groups in total. The van der Waals surface area contributed by atoms with Crippen molar-refractivity contribution in [2.24, 2.45) is 5.92 Å². The smallest absolute Gasteiger partial charge is 0.326 e. The summed E-state index contributed by atoms with van der Waals surface area (Å²) in [4.78, 5) is 22.8. The Labute approximate surface area is 125 Å². The topological polar surface area (TPSA) is 78.4 Å². The van der Waals surface area contributed by atoms with Gasteiger partial charge >= 0.3 is 12.0 Å². The Bertz CT molecular complexity index is 448. The van der Waals surface area contributed by atoms with Crippen molar-refractivity contribution in [3.05, 3.63) is 27.8 Å². The van der Waals surface area contributed by atoms with Gasteiger partial charge in [-0.2, -0.15) is 0 Å². The van der Waals surface area contributed by atoms with Gasteiger partial charge in [0.05, 0.1) is 0 Å². The predicted octanol–water partition coefficient (Wildman–Crippen LogP) is 2.91. The van der Waals surface area contributed by atoms with Crippen molar-refractivity contribution in [1.82, 2.24) is 5.32 Å². The Morgan fingerprint density at radius 1 is 1.32 bits per heavy atom. The highest BCUT2D eigenvalue weighted by atomic mass is 127. The first-order chi connectivity index (χ1) is 8.93. The fraction of sp³-hybridized carbons (Fsp3) is 0.385. The molecule has 1 rings (SSSR count). The number of hydrogen-bond acceptors (Lipinski definition) is 2. The fourth-order valence-corrected chi connectivity index (χ4v) is 1.88. The van der Waals surface area contributed by atoms with Crippen molar-refractivity contribution in [3.8, 4) is 0 Å². The SMILES string of the molecule is CCC(C)C(NC(=O)Nc1ccc(I)cc1)C(=O)O. The maximum atomic E-state index is 11.7. The number of amides is 2. The highest BCUT2D eigenvalue weighted by Gasteiger charge is 2.25. The Balaban J connectivity index is 2.62. The molecule has 0 saturated carbocycles. The number of rotatable bonds is 5. The molecule has 0 radical (unpaired) electrons. The molecular weight excluding hydrogens is 359 g/mol. The first-order valence-corrected chi connectivity index (χ1v) is 7.07. The van der Waals surface area contributed by atoms with E-state index in [1.165, 1.54) is 0 Å². The molecule has 0 aliphatic carbocycles. The number of anilines is 1. The lowest BCUT2D eigenvalue weighted by Gasteiger charge is -2.20. The first kappa shape index (κ1) is 15.7. The van der Waals surface area contributed by atoms with Crippen LogP contribution in [-0.2, 0) is 4.79 Å². The quantitative estimate of drug-likeness (QED) is 0.692. The summed E-state index contributed by atoms with van der Waals surface area (Å²) in [7, 11) is 0. The van der Waals surface area contributed by atoms with E-state index in [1.54, 1.807) is 19.1 Å². The van der Waals surface area contributed by atoms with Crippen LogP contribution in [0.3, 0.4) is 0 Å². The van der Waals surface area contributed by atoms with E-state index in [2.05, 4.69) is 33.2 Å². The minimum atomic E-state index is -1.02. The number of nitrogens with one attached hydrogen (secondary N) is 2. The van der Waals surface area contributed by atoms with Crippen LogP contribution in [0.2, 0.25) is 0 Å². The minimum Gasteiger partial charge on any atom is -0.480 e. The Morgan fingerprint density at radius 2 is 1.89 bits per heavy atom. The molecule has 104 valence electrons. The second kappa shape index (κ2) is 7.32. The van der Waals surface area contributed by atoms with Crippen molar-refractivity contribution in [2.75, 3.05) is 5.32 Å². The number of urea groups is 1. The monoisotopic (exact) mass is 376 g/mol. The number of carboxylic acids is 1.